The van der Waals surface area contributed by atoms with Crippen LogP contribution in [0.3, 0.4) is 0 Å². The van der Waals surface area contributed by atoms with Gasteiger partial charge in [-0.3, -0.25) is 9.48 Å². The van der Waals surface area contributed by atoms with Crippen LogP contribution in [-0.4, -0.2) is 43.0 Å². The van der Waals surface area contributed by atoms with Crippen LogP contribution in [-0.2, 0) is 11.3 Å². The van der Waals surface area contributed by atoms with Crippen LogP contribution in [0.5, 0.6) is 0 Å². The number of carbonyl (C=O) groups is 3. The summed E-state index contributed by atoms with van der Waals surface area (Å²) in [6, 6.07) is 12.5. The topological polar surface area (TPSA) is 130 Å². The molecule has 0 atom stereocenters. The fraction of sp³-hybridized carbons (Fsp3) is 0.0526. The first-order valence-electron chi connectivity index (χ1n) is 7.81. The zero-order chi connectivity index (χ0) is 19.6. The number of hydrogen-bond acceptors (Lipinski definition) is 4. The molecule has 0 saturated carbocycles. The summed E-state index contributed by atoms with van der Waals surface area (Å²) in [5.41, 5.74) is 2.23. The number of aromatic carboxylic acids is 2. The smallest absolute Gasteiger partial charge is 0.335 e. The predicted octanol–water partition coefficient (Wildman–Crippen LogP) is 2.70. The van der Waals surface area contributed by atoms with E-state index in [1.54, 1.807) is 36.5 Å². The maximum absolute atomic E-state index is 11.2. The van der Waals surface area contributed by atoms with Gasteiger partial charge in [0.15, 0.2) is 0 Å². The van der Waals surface area contributed by atoms with Gasteiger partial charge in [0.05, 0.1) is 16.8 Å². The van der Waals surface area contributed by atoms with E-state index >= 15 is 0 Å². The second kappa shape index (κ2) is 7.12. The number of aliphatic carboxylic acids is 1. The van der Waals surface area contributed by atoms with Gasteiger partial charge in [0.25, 0.3) is 0 Å². The van der Waals surface area contributed by atoms with Crippen LogP contribution >= 0.6 is 0 Å². The zero-order valence-corrected chi connectivity index (χ0v) is 13.9. The van der Waals surface area contributed by atoms with Crippen LogP contribution < -0.4 is 0 Å². The molecule has 3 rings (SSSR count). The highest BCUT2D eigenvalue weighted by molar-refractivity contribution is 5.96. The largest absolute Gasteiger partial charge is 0.480 e. The molecule has 136 valence electrons. The van der Waals surface area contributed by atoms with Gasteiger partial charge in [0.1, 0.15) is 6.54 Å². The molecule has 0 radical (unpaired) electrons. The lowest BCUT2D eigenvalue weighted by molar-refractivity contribution is -0.137. The highest BCUT2D eigenvalue weighted by atomic mass is 16.4. The molecule has 0 aliphatic rings. The summed E-state index contributed by atoms with van der Waals surface area (Å²) in [7, 11) is 0. The molecular weight excluding hydrogens is 352 g/mol. The van der Waals surface area contributed by atoms with Crippen molar-refractivity contribution in [2.45, 2.75) is 6.54 Å². The standard InChI is InChI=1S/C19H14N2O6/c22-17(23)10-21-6-5-16(20-21)12-3-1-11(2-4-12)13-7-14(18(24)25)9-15(8-13)19(26)27/h1-9H,10H2,(H,22,23)(H,24,25)(H,26,27). The van der Waals surface area contributed by atoms with Gasteiger partial charge in [-0.2, -0.15) is 5.10 Å². The first-order chi connectivity index (χ1) is 12.8. The lowest BCUT2D eigenvalue weighted by atomic mass is 9.98. The molecule has 0 fully saturated rings. The van der Waals surface area contributed by atoms with Crippen molar-refractivity contribution in [1.82, 2.24) is 9.78 Å². The Labute approximate surface area is 152 Å². The van der Waals surface area contributed by atoms with Gasteiger partial charge in [0, 0.05) is 11.8 Å². The lowest BCUT2D eigenvalue weighted by Crippen LogP contribution is -2.08. The van der Waals surface area contributed by atoms with Crippen LogP contribution in [0.25, 0.3) is 22.4 Å². The fourth-order valence-corrected chi connectivity index (χ4v) is 2.62. The minimum Gasteiger partial charge on any atom is -0.480 e. The van der Waals surface area contributed by atoms with E-state index in [1.165, 1.54) is 16.8 Å². The highest BCUT2D eigenvalue weighted by Crippen LogP contribution is 2.26. The molecule has 0 unspecified atom stereocenters. The van der Waals surface area contributed by atoms with Crippen molar-refractivity contribution < 1.29 is 29.7 Å². The molecule has 1 heterocycles. The molecule has 1 aromatic heterocycles. The number of nitrogens with zero attached hydrogens (tertiary/aromatic N) is 2. The molecule has 8 heteroatoms. The minimum atomic E-state index is -1.21. The van der Waals surface area contributed by atoms with Crippen molar-refractivity contribution in [3.8, 4) is 22.4 Å². The Morgan fingerprint density at radius 1 is 0.778 bits per heavy atom. The number of benzene rings is 2. The maximum atomic E-state index is 11.2. The van der Waals surface area contributed by atoms with Gasteiger partial charge in [-0.25, -0.2) is 9.59 Å². The van der Waals surface area contributed by atoms with E-state index < -0.39 is 17.9 Å². The maximum Gasteiger partial charge on any atom is 0.335 e. The van der Waals surface area contributed by atoms with E-state index in [0.29, 0.717) is 16.8 Å². The lowest BCUT2D eigenvalue weighted by Gasteiger charge is -2.07. The first-order valence-corrected chi connectivity index (χ1v) is 7.81. The van der Waals surface area contributed by atoms with Crippen LogP contribution in [0.4, 0.5) is 0 Å². The van der Waals surface area contributed by atoms with E-state index in [-0.39, 0.29) is 17.7 Å². The monoisotopic (exact) mass is 366 g/mol. The fourth-order valence-electron chi connectivity index (χ4n) is 2.62. The molecule has 3 N–H and O–H groups in total. The minimum absolute atomic E-state index is 0.110. The van der Waals surface area contributed by atoms with E-state index in [9.17, 15) is 24.6 Å². The van der Waals surface area contributed by atoms with Gasteiger partial charge in [-0.05, 0) is 35.4 Å². The van der Waals surface area contributed by atoms with Crippen LogP contribution in [0, 0.1) is 0 Å². The SMILES string of the molecule is O=C(O)Cn1ccc(-c2ccc(-c3cc(C(=O)O)cc(C(=O)O)c3)cc2)n1. The third kappa shape index (κ3) is 4.01. The van der Waals surface area contributed by atoms with Crippen LogP contribution in [0.2, 0.25) is 0 Å². The third-order valence-corrected chi connectivity index (χ3v) is 3.88. The van der Waals surface area contributed by atoms with E-state index in [0.717, 1.165) is 11.6 Å². The summed E-state index contributed by atoms with van der Waals surface area (Å²) >= 11 is 0. The molecule has 0 bridgehead atoms. The Morgan fingerprint density at radius 3 is 1.85 bits per heavy atom. The Morgan fingerprint density at radius 2 is 1.33 bits per heavy atom. The predicted molar refractivity (Wildman–Crippen MR) is 94.7 cm³/mol. The molecular formula is C19H14N2O6. The summed E-state index contributed by atoms with van der Waals surface area (Å²) in [5, 5.41) is 31.3. The number of carboxylic acid groups (broad SMARTS) is 3. The average Bonchev–Trinajstić information content (AvgIpc) is 3.09. The normalized spacial score (nSPS) is 10.5. The van der Waals surface area contributed by atoms with Gasteiger partial charge in [-0.15, -0.1) is 0 Å². The molecule has 3 aromatic rings. The second-order valence-corrected chi connectivity index (χ2v) is 5.78. The highest BCUT2D eigenvalue weighted by Gasteiger charge is 2.13. The second-order valence-electron chi connectivity index (χ2n) is 5.78. The van der Waals surface area contributed by atoms with Gasteiger partial charge in [-0.1, -0.05) is 24.3 Å². The van der Waals surface area contributed by atoms with E-state index in [1.807, 2.05) is 0 Å². The Kier molecular flexibility index (Phi) is 4.71. The van der Waals surface area contributed by atoms with Gasteiger partial charge < -0.3 is 15.3 Å². The molecule has 0 saturated heterocycles. The van der Waals surface area contributed by atoms with Crippen molar-refractivity contribution >= 4 is 17.9 Å². The van der Waals surface area contributed by atoms with Crippen LogP contribution in [0.1, 0.15) is 20.7 Å². The third-order valence-electron chi connectivity index (χ3n) is 3.88. The molecule has 8 nitrogen and oxygen atoms in total. The number of rotatable bonds is 6. The molecule has 0 aliphatic carbocycles. The molecule has 2 aromatic carbocycles. The average molecular weight is 366 g/mol. The number of aromatic nitrogens is 2. The summed E-state index contributed by atoms with van der Waals surface area (Å²) in [6.07, 6.45) is 1.56. The van der Waals surface area contributed by atoms with E-state index in [4.69, 9.17) is 5.11 Å². The molecule has 0 aliphatic heterocycles. The molecule has 27 heavy (non-hydrogen) atoms. The van der Waals surface area contributed by atoms with Crippen molar-refractivity contribution in [3.05, 3.63) is 65.9 Å². The van der Waals surface area contributed by atoms with Gasteiger partial charge in [0.2, 0.25) is 0 Å². The Hall–Kier alpha value is -3.94. The molecule has 0 amide bonds. The summed E-state index contributed by atoms with van der Waals surface area (Å²) in [5.74, 6) is -3.41. The summed E-state index contributed by atoms with van der Waals surface area (Å²) in [4.78, 5) is 33.2. The van der Waals surface area contributed by atoms with Crippen molar-refractivity contribution in [2.24, 2.45) is 0 Å². The summed E-state index contributed by atoms with van der Waals surface area (Å²) in [6.45, 7) is -0.238. The van der Waals surface area contributed by atoms with Crippen LogP contribution in [0.15, 0.2) is 54.7 Å². The summed E-state index contributed by atoms with van der Waals surface area (Å²) < 4.78 is 1.31. The van der Waals surface area contributed by atoms with Crippen molar-refractivity contribution in [2.75, 3.05) is 0 Å². The van der Waals surface area contributed by atoms with E-state index in [2.05, 4.69) is 5.10 Å². The van der Waals surface area contributed by atoms with Gasteiger partial charge >= 0.3 is 17.9 Å². The Balaban J connectivity index is 1.93. The van der Waals surface area contributed by atoms with Crippen molar-refractivity contribution in [1.29, 1.82) is 0 Å². The zero-order valence-electron chi connectivity index (χ0n) is 13.9. The quantitative estimate of drug-likeness (QED) is 0.611. The Bertz CT molecular complexity index is 1000. The molecule has 0 spiro atoms. The first kappa shape index (κ1) is 17.9. The number of hydrogen-bond donors (Lipinski definition) is 3. The number of carboxylic acids is 3. The van der Waals surface area contributed by atoms with Crippen molar-refractivity contribution in [3.63, 3.8) is 0 Å².